The maximum atomic E-state index is 5.77. The fraction of sp³-hybridized carbons (Fsp3) is 0.400. The lowest BCUT2D eigenvalue weighted by Gasteiger charge is -2.10. The summed E-state index contributed by atoms with van der Waals surface area (Å²) in [5, 5.41) is 4.67. The second-order valence-corrected chi connectivity index (χ2v) is 5.97. The number of thioether (sulfide) groups is 1. The van der Waals surface area contributed by atoms with E-state index in [-0.39, 0.29) is 5.44 Å². The molecule has 0 radical (unpaired) electrons. The van der Waals surface area contributed by atoms with Gasteiger partial charge in [0.2, 0.25) is 0 Å². The zero-order chi connectivity index (χ0) is 13.2. The monoisotopic (exact) mass is 274 g/mol. The Kier molecular flexibility index (Phi) is 3.62. The Morgan fingerprint density at radius 2 is 2.11 bits per heavy atom. The molecule has 3 nitrogen and oxygen atoms in total. The zero-order valence-electron chi connectivity index (χ0n) is 11.3. The highest BCUT2D eigenvalue weighted by Gasteiger charge is 2.25. The van der Waals surface area contributed by atoms with Crippen LogP contribution < -0.4 is 0 Å². The number of ether oxygens (including phenoxy) is 1. The second-order valence-electron chi connectivity index (χ2n) is 4.80. The van der Waals surface area contributed by atoms with Crippen LogP contribution in [0.3, 0.4) is 0 Å². The molecule has 1 aromatic carbocycles. The molecule has 1 unspecified atom stereocenters. The Balaban J connectivity index is 1.89. The van der Waals surface area contributed by atoms with Crippen molar-refractivity contribution in [2.75, 3.05) is 12.4 Å². The third-order valence-corrected chi connectivity index (χ3v) is 4.55. The van der Waals surface area contributed by atoms with Crippen LogP contribution in [0.2, 0.25) is 0 Å². The van der Waals surface area contributed by atoms with Gasteiger partial charge in [0.15, 0.2) is 0 Å². The molecule has 0 saturated carbocycles. The van der Waals surface area contributed by atoms with Gasteiger partial charge in [-0.15, -0.1) is 11.8 Å². The minimum Gasteiger partial charge on any atom is -0.362 e. The molecule has 0 amide bonds. The molecule has 1 atom stereocenters. The Morgan fingerprint density at radius 1 is 1.32 bits per heavy atom. The normalized spacial score (nSPS) is 18.9. The van der Waals surface area contributed by atoms with Gasteiger partial charge in [-0.1, -0.05) is 30.3 Å². The molecule has 2 aromatic rings. The van der Waals surface area contributed by atoms with Gasteiger partial charge in [-0.2, -0.15) is 5.10 Å². The van der Waals surface area contributed by atoms with E-state index in [1.165, 1.54) is 16.8 Å². The van der Waals surface area contributed by atoms with Gasteiger partial charge in [0.25, 0.3) is 0 Å². The predicted octanol–water partition coefficient (Wildman–Crippen LogP) is 3.31. The minimum atomic E-state index is 0.171. The predicted molar refractivity (Wildman–Crippen MR) is 78.4 cm³/mol. The van der Waals surface area contributed by atoms with Gasteiger partial charge in [-0.25, -0.2) is 0 Å². The van der Waals surface area contributed by atoms with Crippen molar-refractivity contribution in [2.24, 2.45) is 0 Å². The van der Waals surface area contributed by atoms with Crippen molar-refractivity contribution < 1.29 is 4.74 Å². The molecule has 1 fully saturated rings. The van der Waals surface area contributed by atoms with Crippen molar-refractivity contribution in [3.63, 3.8) is 0 Å². The molecular formula is C15H18N2OS. The third kappa shape index (κ3) is 2.55. The molecule has 100 valence electrons. The maximum absolute atomic E-state index is 5.77. The Labute approximate surface area is 118 Å². The summed E-state index contributed by atoms with van der Waals surface area (Å²) in [5.74, 6) is 1.08. The van der Waals surface area contributed by atoms with Crippen molar-refractivity contribution in [3.8, 4) is 0 Å². The lowest BCUT2D eigenvalue weighted by molar-refractivity contribution is 0.144. The summed E-state index contributed by atoms with van der Waals surface area (Å²) in [4.78, 5) is 0. The van der Waals surface area contributed by atoms with Crippen LogP contribution in [0.1, 0.15) is 28.0 Å². The van der Waals surface area contributed by atoms with Gasteiger partial charge < -0.3 is 4.74 Å². The van der Waals surface area contributed by atoms with Crippen LogP contribution in [0.15, 0.2) is 30.3 Å². The van der Waals surface area contributed by atoms with E-state index in [9.17, 15) is 0 Å². The Hall–Kier alpha value is -1.26. The first-order chi connectivity index (χ1) is 9.25. The fourth-order valence-electron chi connectivity index (χ4n) is 2.49. The first-order valence-electron chi connectivity index (χ1n) is 6.57. The van der Waals surface area contributed by atoms with E-state index in [0.717, 1.165) is 24.6 Å². The van der Waals surface area contributed by atoms with E-state index >= 15 is 0 Å². The van der Waals surface area contributed by atoms with Crippen LogP contribution in [0.4, 0.5) is 0 Å². The molecule has 1 aliphatic rings. The second kappa shape index (κ2) is 5.39. The molecule has 0 spiro atoms. The largest absolute Gasteiger partial charge is 0.362 e. The average molecular weight is 274 g/mol. The molecule has 1 aromatic heterocycles. The van der Waals surface area contributed by atoms with Crippen molar-refractivity contribution in [2.45, 2.75) is 25.8 Å². The third-order valence-electron chi connectivity index (χ3n) is 3.47. The van der Waals surface area contributed by atoms with Gasteiger partial charge in [0.1, 0.15) is 5.44 Å². The van der Waals surface area contributed by atoms with E-state index in [4.69, 9.17) is 4.74 Å². The van der Waals surface area contributed by atoms with E-state index in [0.29, 0.717) is 0 Å². The summed E-state index contributed by atoms with van der Waals surface area (Å²) in [6.07, 6.45) is 0. The van der Waals surface area contributed by atoms with Gasteiger partial charge in [-0.3, -0.25) is 4.68 Å². The van der Waals surface area contributed by atoms with Crippen LogP contribution in [-0.2, 0) is 11.3 Å². The Morgan fingerprint density at radius 3 is 2.79 bits per heavy atom. The molecular weight excluding hydrogens is 256 g/mol. The van der Waals surface area contributed by atoms with Crippen molar-refractivity contribution in [1.82, 2.24) is 9.78 Å². The van der Waals surface area contributed by atoms with Crippen LogP contribution >= 0.6 is 11.8 Å². The van der Waals surface area contributed by atoms with Crippen molar-refractivity contribution >= 4 is 11.8 Å². The smallest absolute Gasteiger partial charge is 0.132 e. The number of aromatic nitrogens is 2. The highest BCUT2D eigenvalue weighted by atomic mass is 32.2. The van der Waals surface area contributed by atoms with E-state index in [1.54, 1.807) is 0 Å². The highest BCUT2D eigenvalue weighted by Crippen LogP contribution is 2.38. The summed E-state index contributed by atoms with van der Waals surface area (Å²) < 4.78 is 7.86. The first kappa shape index (κ1) is 12.8. The zero-order valence-corrected chi connectivity index (χ0v) is 12.1. The van der Waals surface area contributed by atoms with E-state index < -0.39 is 0 Å². The molecule has 19 heavy (non-hydrogen) atoms. The molecule has 0 bridgehead atoms. The van der Waals surface area contributed by atoms with Crippen LogP contribution in [-0.4, -0.2) is 22.1 Å². The summed E-state index contributed by atoms with van der Waals surface area (Å²) in [6.45, 7) is 5.88. The molecule has 0 N–H and O–H groups in total. The molecule has 2 heterocycles. The average Bonchev–Trinajstić information content (AvgIpc) is 3.01. The minimum absolute atomic E-state index is 0.171. The summed E-state index contributed by atoms with van der Waals surface area (Å²) in [6, 6.07) is 10.4. The van der Waals surface area contributed by atoms with Gasteiger partial charge in [0, 0.05) is 17.0 Å². The SMILES string of the molecule is Cc1nn(Cc2ccccc2)c(C)c1C1OCCS1. The molecule has 4 heteroatoms. The highest BCUT2D eigenvalue weighted by molar-refractivity contribution is 7.99. The molecule has 1 aliphatic heterocycles. The molecule has 1 saturated heterocycles. The lowest BCUT2D eigenvalue weighted by Crippen LogP contribution is -2.04. The summed E-state index contributed by atoms with van der Waals surface area (Å²) in [5.41, 5.74) is 5.02. The summed E-state index contributed by atoms with van der Waals surface area (Å²) >= 11 is 1.87. The van der Waals surface area contributed by atoms with Crippen LogP contribution in [0.5, 0.6) is 0 Å². The van der Waals surface area contributed by atoms with Crippen LogP contribution in [0.25, 0.3) is 0 Å². The lowest BCUT2D eigenvalue weighted by atomic mass is 10.2. The Bertz CT molecular complexity index is 559. The number of hydrogen-bond donors (Lipinski definition) is 0. The number of nitrogens with zero attached hydrogens (tertiary/aromatic N) is 2. The molecule has 3 rings (SSSR count). The number of benzene rings is 1. The standard InChI is InChI=1S/C15H18N2OS/c1-11-14(15-18-8-9-19-15)12(2)17(16-11)10-13-6-4-3-5-7-13/h3-7,15H,8-10H2,1-2H3. The first-order valence-corrected chi connectivity index (χ1v) is 7.61. The number of rotatable bonds is 3. The number of aryl methyl sites for hydroxylation is 1. The molecule has 0 aliphatic carbocycles. The van der Waals surface area contributed by atoms with E-state index in [1.807, 2.05) is 17.8 Å². The topological polar surface area (TPSA) is 27.1 Å². The van der Waals surface area contributed by atoms with Crippen molar-refractivity contribution in [3.05, 3.63) is 52.8 Å². The van der Waals surface area contributed by atoms with Crippen molar-refractivity contribution in [1.29, 1.82) is 0 Å². The number of hydrogen-bond acceptors (Lipinski definition) is 3. The fourth-order valence-corrected chi connectivity index (χ4v) is 3.59. The van der Waals surface area contributed by atoms with Gasteiger partial charge in [0.05, 0.1) is 18.8 Å². The maximum Gasteiger partial charge on any atom is 0.132 e. The summed E-state index contributed by atoms with van der Waals surface area (Å²) in [7, 11) is 0. The van der Waals surface area contributed by atoms with Gasteiger partial charge >= 0.3 is 0 Å². The quantitative estimate of drug-likeness (QED) is 0.859. The van der Waals surface area contributed by atoms with Crippen LogP contribution in [0, 0.1) is 13.8 Å². The van der Waals surface area contributed by atoms with E-state index in [2.05, 4.69) is 47.9 Å². The van der Waals surface area contributed by atoms with Gasteiger partial charge in [-0.05, 0) is 19.4 Å².